The van der Waals surface area contributed by atoms with Crippen LogP contribution in [0, 0.1) is 0 Å². The number of thiocarbonyl (C=S) groups is 1. The van der Waals surface area contributed by atoms with Crippen LogP contribution in [0.2, 0.25) is 5.02 Å². The predicted octanol–water partition coefficient (Wildman–Crippen LogP) is 6.93. The van der Waals surface area contributed by atoms with Crippen LogP contribution in [0.5, 0.6) is 0 Å². The van der Waals surface area contributed by atoms with Gasteiger partial charge in [0.2, 0.25) is 5.91 Å². The minimum absolute atomic E-state index is 0.0998. The molecular weight excluding hydrogens is 476 g/mol. The number of nitrogens with one attached hydrogen (secondary N) is 3. The van der Waals surface area contributed by atoms with Crippen molar-refractivity contribution >= 4 is 51.4 Å². The average molecular weight is 513 g/mol. The minimum atomic E-state index is -0.468. The summed E-state index contributed by atoms with van der Waals surface area (Å²) in [5, 5.41) is 8.74. The molecule has 3 rings (SSSR count). The first-order valence-electron chi connectivity index (χ1n) is 12.7. The average Bonchev–Trinajstić information content (AvgIpc) is 3.26. The van der Waals surface area contributed by atoms with E-state index in [9.17, 15) is 4.79 Å². The quantitative estimate of drug-likeness (QED) is 0.172. The van der Waals surface area contributed by atoms with Gasteiger partial charge in [0, 0.05) is 47.3 Å². The molecule has 0 saturated heterocycles. The molecule has 0 aliphatic rings. The van der Waals surface area contributed by atoms with Gasteiger partial charge in [0.25, 0.3) is 0 Å². The Hall–Kier alpha value is -2.57. The molecule has 2 aromatic carbocycles. The van der Waals surface area contributed by atoms with Gasteiger partial charge in [-0.15, -0.1) is 0 Å². The molecule has 0 aliphatic heterocycles. The summed E-state index contributed by atoms with van der Waals surface area (Å²) < 4.78 is 0. The number of fused-ring (bicyclic) bond motifs is 1. The monoisotopic (exact) mass is 512 g/mol. The predicted molar refractivity (Wildman–Crippen MR) is 152 cm³/mol. The molecule has 0 fully saturated rings. The van der Waals surface area contributed by atoms with E-state index < -0.39 is 6.04 Å². The summed E-state index contributed by atoms with van der Waals surface area (Å²) in [7, 11) is 0. The Morgan fingerprint density at radius 3 is 2.31 bits per heavy atom. The second-order valence-corrected chi connectivity index (χ2v) is 9.81. The molecule has 0 saturated carbocycles. The third kappa shape index (κ3) is 8.25. The van der Waals surface area contributed by atoms with E-state index in [1.54, 1.807) is 0 Å². The van der Waals surface area contributed by atoms with E-state index in [4.69, 9.17) is 23.8 Å². The second-order valence-electron chi connectivity index (χ2n) is 8.96. The molecule has 1 amide bonds. The van der Waals surface area contributed by atoms with Gasteiger partial charge >= 0.3 is 0 Å². The van der Waals surface area contributed by atoms with Crippen molar-refractivity contribution in [2.24, 2.45) is 0 Å². The van der Waals surface area contributed by atoms with Gasteiger partial charge in [-0.3, -0.25) is 4.79 Å². The van der Waals surface area contributed by atoms with E-state index in [0.717, 1.165) is 73.8 Å². The Morgan fingerprint density at radius 1 is 1.00 bits per heavy atom. The Balaban J connectivity index is 1.80. The van der Waals surface area contributed by atoms with Crippen LogP contribution in [-0.4, -0.2) is 40.0 Å². The lowest BCUT2D eigenvalue weighted by atomic mass is 10.0. The van der Waals surface area contributed by atoms with Crippen LogP contribution in [0.4, 0.5) is 5.69 Å². The Bertz CT molecular complexity index is 1070. The zero-order chi connectivity index (χ0) is 25.0. The fourth-order valence-electron chi connectivity index (χ4n) is 4.24. The zero-order valence-corrected chi connectivity index (χ0v) is 22.4. The Kier molecular flexibility index (Phi) is 10.9. The number of H-pyrrole nitrogens is 1. The molecule has 1 aromatic heterocycles. The third-order valence-corrected chi connectivity index (χ3v) is 6.65. The van der Waals surface area contributed by atoms with Crippen LogP contribution >= 0.6 is 23.8 Å². The zero-order valence-electron chi connectivity index (χ0n) is 20.8. The summed E-state index contributed by atoms with van der Waals surface area (Å²) >= 11 is 11.6. The normalized spacial score (nSPS) is 11.9. The van der Waals surface area contributed by atoms with Crippen LogP contribution in [0.25, 0.3) is 10.9 Å². The van der Waals surface area contributed by atoms with Gasteiger partial charge in [0.15, 0.2) is 5.11 Å². The molecule has 0 bridgehead atoms. The molecule has 0 aliphatic carbocycles. The number of rotatable bonds is 13. The van der Waals surface area contributed by atoms with Crippen molar-refractivity contribution in [1.82, 2.24) is 15.2 Å². The van der Waals surface area contributed by atoms with Crippen LogP contribution in [-0.2, 0) is 11.2 Å². The number of carbonyl (C=O) groups excluding carboxylic acids is 1. The summed E-state index contributed by atoms with van der Waals surface area (Å²) in [6.45, 7) is 5.93. The summed E-state index contributed by atoms with van der Waals surface area (Å²) in [5.74, 6) is 0.0998. The highest BCUT2D eigenvalue weighted by atomic mass is 35.5. The van der Waals surface area contributed by atoms with Gasteiger partial charge < -0.3 is 20.5 Å². The van der Waals surface area contributed by atoms with E-state index >= 15 is 0 Å². The number of halogens is 1. The molecule has 5 nitrogen and oxygen atoms in total. The molecule has 3 aromatic rings. The largest absolute Gasteiger partial charge is 0.361 e. The van der Waals surface area contributed by atoms with E-state index in [1.165, 1.54) is 0 Å². The van der Waals surface area contributed by atoms with E-state index in [1.807, 2.05) is 47.5 Å². The van der Waals surface area contributed by atoms with E-state index in [2.05, 4.69) is 41.6 Å². The van der Waals surface area contributed by atoms with Gasteiger partial charge in [0.05, 0.1) is 0 Å². The van der Waals surface area contributed by atoms with Gasteiger partial charge in [-0.25, -0.2) is 0 Å². The highest BCUT2D eigenvalue weighted by Gasteiger charge is 2.26. The molecule has 35 heavy (non-hydrogen) atoms. The fraction of sp³-hybridized carbons (Fsp3) is 0.429. The number of carbonyl (C=O) groups is 1. The number of nitrogens with zero attached hydrogens (tertiary/aromatic N) is 1. The first-order chi connectivity index (χ1) is 17.0. The number of hydrogen-bond acceptors (Lipinski definition) is 2. The van der Waals surface area contributed by atoms with Crippen LogP contribution in [0.1, 0.15) is 57.9 Å². The third-order valence-electron chi connectivity index (χ3n) is 6.18. The molecule has 3 N–H and O–H groups in total. The highest BCUT2D eigenvalue weighted by molar-refractivity contribution is 7.80. The first kappa shape index (κ1) is 27.0. The Morgan fingerprint density at radius 2 is 1.66 bits per heavy atom. The second kappa shape index (κ2) is 14.1. The maximum absolute atomic E-state index is 13.9. The van der Waals surface area contributed by atoms with E-state index in [-0.39, 0.29) is 5.91 Å². The number of benzene rings is 2. The molecular formula is C28H37ClN4OS. The van der Waals surface area contributed by atoms with Crippen LogP contribution in [0.3, 0.4) is 0 Å². The van der Waals surface area contributed by atoms with Crippen molar-refractivity contribution < 1.29 is 4.79 Å². The lowest BCUT2D eigenvalue weighted by molar-refractivity contribution is -0.133. The molecule has 0 spiro atoms. The van der Waals surface area contributed by atoms with Crippen molar-refractivity contribution in [3.63, 3.8) is 0 Å². The summed E-state index contributed by atoms with van der Waals surface area (Å²) in [6.07, 6.45) is 9.07. The summed E-state index contributed by atoms with van der Waals surface area (Å²) in [6, 6.07) is 15.1. The lowest BCUT2D eigenvalue weighted by Gasteiger charge is -2.29. The smallest absolute Gasteiger partial charge is 0.245 e. The van der Waals surface area contributed by atoms with Gasteiger partial charge in [-0.05, 0) is 61.0 Å². The fourth-order valence-corrected chi connectivity index (χ4v) is 4.62. The number of unbranched alkanes of at least 4 members (excludes halogenated alkanes) is 4. The van der Waals surface area contributed by atoms with Crippen molar-refractivity contribution in [3.8, 4) is 0 Å². The maximum atomic E-state index is 13.9. The van der Waals surface area contributed by atoms with Gasteiger partial charge in [0.1, 0.15) is 6.04 Å². The van der Waals surface area contributed by atoms with Crippen LogP contribution in [0.15, 0.2) is 54.7 Å². The lowest BCUT2D eigenvalue weighted by Crippen LogP contribution is -2.51. The van der Waals surface area contributed by atoms with Gasteiger partial charge in [-0.1, -0.05) is 69.3 Å². The van der Waals surface area contributed by atoms with Gasteiger partial charge in [-0.2, -0.15) is 0 Å². The highest BCUT2D eigenvalue weighted by Crippen LogP contribution is 2.20. The van der Waals surface area contributed by atoms with Crippen molar-refractivity contribution in [3.05, 3.63) is 65.3 Å². The number of hydrogen-bond donors (Lipinski definition) is 3. The van der Waals surface area contributed by atoms with Crippen molar-refractivity contribution in [2.45, 2.75) is 64.8 Å². The molecule has 7 heteroatoms. The molecule has 0 unspecified atom stereocenters. The summed E-state index contributed by atoms with van der Waals surface area (Å²) in [5.41, 5.74) is 2.99. The Labute approximate surface area is 219 Å². The minimum Gasteiger partial charge on any atom is -0.361 e. The number of para-hydroxylation sites is 1. The summed E-state index contributed by atoms with van der Waals surface area (Å²) in [4.78, 5) is 19.2. The molecule has 188 valence electrons. The van der Waals surface area contributed by atoms with Crippen LogP contribution < -0.4 is 10.6 Å². The van der Waals surface area contributed by atoms with E-state index in [0.29, 0.717) is 16.6 Å². The topological polar surface area (TPSA) is 60.2 Å². The first-order valence-corrected chi connectivity index (χ1v) is 13.5. The number of amides is 1. The van der Waals surface area contributed by atoms with Crippen molar-refractivity contribution in [1.29, 1.82) is 0 Å². The molecule has 0 radical (unpaired) electrons. The standard InChI is InChI=1S/C28H37ClN4OS/c1-3-5-9-17-33(18-10-6-4-2)27(34)26(19-21-20-30-25-12-8-7-11-24(21)25)32-28(35)31-23-15-13-22(29)14-16-23/h7-8,11-16,20,26,30H,3-6,9-10,17-19H2,1-2H3,(H2,31,32,35)/t26-/m1/s1. The number of anilines is 1. The van der Waals surface area contributed by atoms with Crippen molar-refractivity contribution in [2.75, 3.05) is 18.4 Å². The number of aromatic amines is 1. The molecule has 1 heterocycles. The molecule has 1 atom stereocenters. The number of aromatic nitrogens is 1. The maximum Gasteiger partial charge on any atom is 0.245 e. The SMILES string of the molecule is CCCCCN(CCCCC)C(=O)[C@@H](Cc1c[nH]c2ccccc12)NC(=S)Nc1ccc(Cl)cc1.